The summed E-state index contributed by atoms with van der Waals surface area (Å²) in [5, 5.41) is 9.47. The average molecular weight is 274 g/mol. The summed E-state index contributed by atoms with van der Waals surface area (Å²) in [5.41, 5.74) is 2.81. The van der Waals surface area contributed by atoms with E-state index in [1.54, 1.807) is 0 Å². The lowest BCUT2D eigenvalue weighted by Crippen LogP contribution is -2.04. The topological polar surface area (TPSA) is 20.2 Å². The second-order valence-electron chi connectivity index (χ2n) is 3.24. The Labute approximate surface area is 85.9 Å². The van der Waals surface area contributed by atoms with Crippen LogP contribution in [0.15, 0.2) is 12.1 Å². The molecule has 0 spiro atoms. The number of phenols is 1. The minimum atomic E-state index is 0.441. The van der Waals surface area contributed by atoms with Crippen LogP contribution >= 0.6 is 22.6 Å². The summed E-state index contributed by atoms with van der Waals surface area (Å²) in [7, 11) is 0. The molecule has 2 heteroatoms. The van der Waals surface area contributed by atoms with Gasteiger partial charge in [0.05, 0.1) is 3.57 Å². The first-order valence-corrected chi connectivity index (χ1v) is 5.36. The molecule has 0 atom stereocenters. The first-order chi connectivity index (χ1) is 5.79. The molecule has 0 aromatic heterocycles. The molecule has 0 amide bonds. The highest BCUT2D eigenvalue weighted by molar-refractivity contribution is 14.1. The molecule has 2 rings (SSSR count). The van der Waals surface area contributed by atoms with Crippen LogP contribution in [0.25, 0.3) is 0 Å². The van der Waals surface area contributed by atoms with Gasteiger partial charge in [-0.25, -0.2) is 0 Å². The SMILES string of the molecule is Oc1ccc2c(c1I)CCCC2. The Balaban J connectivity index is 2.54. The second-order valence-corrected chi connectivity index (χ2v) is 4.32. The van der Waals surface area contributed by atoms with Crippen molar-refractivity contribution in [3.63, 3.8) is 0 Å². The molecule has 1 nitrogen and oxygen atoms in total. The number of rotatable bonds is 0. The van der Waals surface area contributed by atoms with E-state index >= 15 is 0 Å². The lowest BCUT2D eigenvalue weighted by atomic mass is 9.92. The van der Waals surface area contributed by atoms with E-state index in [2.05, 4.69) is 28.7 Å². The van der Waals surface area contributed by atoms with Crippen LogP contribution in [0.4, 0.5) is 0 Å². The van der Waals surface area contributed by atoms with E-state index in [0.717, 1.165) is 9.99 Å². The van der Waals surface area contributed by atoms with Gasteiger partial charge in [-0.1, -0.05) is 6.07 Å². The van der Waals surface area contributed by atoms with Gasteiger partial charge >= 0.3 is 0 Å². The molecule has 0 aliphatic heterocycles. The summed E-state index contributed by atoms with van der Waals surface area (Å²) >= 11 is 2.24. The van der Waals surface area contributed by atoms with E-state index in [1.807, 2.05) is 6.07 Å². The van der Waals surface area contributed by atoms with E-state index < -0.39 is 0 Å². The van der Waals surface area contributed by atoms with Crippen molar-refractivity contribution < 1.29 is 5.11 Å². The fraction of sp³-hybridized carbons (Fsp3) is 0.400. The normalized spacial score (nSPS) is 15.8. The quantitative estimate of drug-likeness (QED) is 0.721. The number of fused-ring (bicyclic) bond motifs is 1. The van der Waals surface area contributed by atoms with Crippen molar-refractivity contribution >= 4 is 22.6 Å². The maximum atomic E-state index is 9.47. The van der Waals surface area contributed by atoms with E-state index in [0.29, 0.717) is 5.75 Å². The monoisotopic (exact) mass is 274 g/mol. The number of benzene rings is 1. The van der Waals surface area contributed by atoms with Crippen molar-refractivity contribution in [3.05, 3.63) is 26.8 Å². The van der Waals surface area contributed by atoms with Crippen LogP contribution < -0.4 is 0 Å². The van der Waals surface area contributed by atoms with Gasteiger partial charge in [0.1, 0.15) is 5.75 Å². The van der Waals surface area contributed by atoms with Gasteiger partial charge in [-0.15, -0.1) is 0 Å². The maximum Gasteiger partial charge on any atom is 0.129 e. The van der Waals surface area contributed by atoms with Crippen LogP contribution in [0.3, 0.4) is 0 Å². The van der Waals surface area contributed by atoms with E-state index in [4.69, 9.17) is 0 Å². The van der Waals surface area contributed by atoms with Crippen molar-refractivity contribution in [2.24, 2.45) is 0 Å². The predicted molar refractivity (Wildman–Crippen MR) is 57.5 cm³/mol. The van der Waals surface area contributed by atoms with Gasteiger partial charge in [0.15, 0.2) is 0 Å². The number of phenolic OH excluding ortho intramolecular Hbond substituents is 1. The third kappa shape index (κ3) is 1.32. The number of hydrogen-bond donors (Lipinski definition) is 1. The van der Waals surface area contributed by atoms with Crippen LogP contribution in [-0.4, -0.2) is 5.11 Å². The van der Waals surface area contributed by atoms with Crippen molar-refractivity contribution in [3.8, 4) is 5.75 Å². The smallest absolute Gasteiger partial charge is 0.129 e. The summed E-state index contributed by atoms with van der Waals surface area (Å²) in [6, 6.07) is 3.87. The zero-order valence-electron chi connectivity index (χ0n) is 6.81. The molecule has 1 N–H and O–H groups in total. The molecule has 1 aromatic carbocycles. The second kappa shape index (κ2) is 3.24. The molecular weight excluding hydrogens is 263 g/mol. The zero-order valence-corrected chi connectivity index (χ0v) is 8.97. The van der Waals surface area contributed by atoms with E-state index in [-0.39, 0.29) is 0 Å². The number of hydrogen-bond acceptors (Lipinski definition) is 1. The van der Waals surface area contributed by atoms with Gasteiger partial charge in [0.2, 0.25) is 0 Å². The minimum absolute atomic E-state index is 0.441. The molecule has 12 heavy (non-hydrogen) atoms. The summed E-state index contributed by atoms with van der Waals surface area (Å²) in [5.74, 6) is 0.441. The highest BCUT2D eigenvalue weighted by Gasteiger charge is 2.13. The van der Waals surface area contributed by atoms with Gasteiger partial charge in [-0.2, -0.15) is 0 Å². The molecule has 0 radical (unpaired) electrons. The van der Waals surface area contributed by atoms with Gasteiger partial charge in [-0.05, 0) is 65.5 Å². The largest absolute Gasteiger partial charge is 0.507 e. The third-order valence-corrected chi connectivity index (χ3v) is 3.65. The van der Waals surface area contributed by atoms with Crippen LogP contribution in [-0.2, 0) is 12.8 Å². The molecule has 1 aliphatic rings. The summed E-state index contributed by atoms with van der Waals surface area (Å²) in [6.45, 7) is 0. The van der Waals surface area contributed by atoms with Crippen molar-refractivity contribution in [2.45, 2.75) is 25.7 Å². The van der Waals surface area contributed by atoms with Crippen molar-refractivity contribution in [1.29, 1.82) is 0 Å². The first kappa shape index (κ1) is 8.35. The Bertz CT molecular complexity index is 307. The molecule has 0 saturated carbocycles. The van der Waals surface area contributed by atoms with E-state index in [1.165, 1.54) is 30.4 Å². The standard InChI is InChI=1S/C10H11IO/c11-10-8-4-2-1-3-7(8)5-6-9(10)12/h5-6,12H,1-4H2. The minimum Gasteiger partial charge on any atom is -0.507 e. The number of aryl methyl sites for hydroxylation is 1. The first-order valence-electron chi connectivity index (χ1n) is 4.28. The molecule has 0 fully saturated rings. The summed E-state index contributed by atoms with van der Waals surface area (Å²) in [4.78, 5) is 0. The zero-order chi connectivity index (χ0) is 8.55. The molecule has 0 heterocycles. The highest BCUT2D eigenvalue weighted by atomic mass is 127. The van der Waals surface area contributed by atoms with Crippen LogP contribution in [0.5, 0.6) is 5.75 Å². The van der Waals surface area contributed by atoms with Gasteiger partial charge in [0, 0.05) is 0 Å². The lowest BCUT2D eigenvalue weighted by molar-refractivity contribution is 0.469. The number of aromatic hydroxyl groups is 1. The van der Waals surface area contributed by atoms with Gasteiger partial charge in [-0.3, -0.25) is 0 Å². The van der Waals surface area contributed by atoms with Crippen LogP contribution in [0, 0.1) is 3.57 Å². The molecule has 0 bridgehead atoms. The van der Waals surface area contributed by atoms with Crippen LogP contribution in [0.2, 0.25) is 0 Å². The Kier molecular flexibility index (Phi) is 2.26. The molecular formula is C10H11IO. The predicted octanol–water partition coefficient (Wildman–Crippen LogP) is 2.88. The Hall–Kier alpha value is -0.250. The molecule has 0 saturated heterocycles. The Morgan fingerprint density at radius 2 is 1.92 bits per heavy atom. The third-order valence-electron chi connectivity index (χ3n) is 2.44. The summed E-state index contributed by atoms with van der Waals surface area (Å²) < 4.78 is 1.06. The fourth-order valence-electron chi connectivity index (χ4n) is 1.77. The Morgan fingerprint density at radius 3 is 2.75 bits per heavy atom. The fourth-order valence-corrected chi connectivity index (χ4v) is 2.57. The van der Waals surface area contributed by atoms with Crippen LogP contribution in [0.1, 0.15) is 24.0 Å². The molecule has 1 aliphatic carbocycles. The van der Waals surface area contributed by atoms with Crippen molar-refractivity contribution in [2.75, 3.05) is 0 Å². The van der Waals surface area contributed by atoms with E-state index in [9.17, 15) is 5.11 Å². The molecule has 64 valence electrons. The average Bonchev–Trinajstić information content (AvgIpc) is 2.12. The summed E-state index contributed by atoms with van der Waals surface area (Å²) in [6.07, 6.45) is 4.90. The van der Waals surface area contributed by atoms with Gasteiger partial charge in [0.25, 0.3) is 0 Å². The van der Waals surface area contributed by atoms with Crippen molar-refractivity contribution in [1.82, 2.24) is 0 Å². The highest BCUT2D eigenvalue weighted by Crippen LogP contribution is 2.31. The van der Waals surface area contributed by atoms with Gasteiger partial charge < -0.3 is 5.11 Å². The Morgan fingerprint density at radius 1 is 1.17 bits per heavy atom. The number of halogens is 1. The lowest BCUT2D eigenvalue weighted by Gasteiger charge is -2.17. The molecule has 0 unspecified atom stereocenters. The maximum absolute atomic E-state index is 9.47. The molecule has 1 aromatic rings.